The Labute approximate surface area is 151 Å². The van der Waals surface area contributed by atoms with Gasteiger partial charge < -0.3 is 9.84 Å². The van der Waals surface area contributed by atoms with Crippen LogP contribution >= 0.6 is 0 Å². The standard InChI is InChI=1S/C19H20N6O/c1-13-16(14(2)26-24-13)9-6-10-20-18-11-17(15-7-4-3-5-8-15)23-19-21-12-22-25(18)19/h3-5,7-8,11-12,20H,6,9-10H2,1-2H3. The van der Waals surface area contributed by atoms with Crippen LogP contribution in [0.15, 0.2) is 47.2 Å². The molecule has 26 heavy (non-hydrogen) atoms. The number of rotatable bonds is 6. The molecule has 0 aliphatic rings. The van der Waals surface area contributed by atoms with Gasteiger partial charge in [0.15, 0.2) is 0 Å². The number of benzene rings is 1. The molecule has 1 N–H and O–H groups in total. The molecule has 0 unspecified atom stereocenters. The van der Waals surface area contributed by atoms with Gasteiger partial charge in [0, 0.05) is 23.7 Å². The van der Waals surface area contributed by atoms with Crippen molar-refractivity contribution >= 4 is 11.6 Å². The van der Waals surface area contributed by atoms with Gasteiger partial charge in [0.2, 0.25) is 0 Å². The Hall–Kier alpha value is -3.22. The number of aromatic nitrogens is 5. The Morgan fingerprint density at radius 2 is 2.00 bits per heavy atom. The number of fused-ring (bicyclic) bond motifs is 1. The van der Waals surface area contributed by atoms with Crippen LogP contribution in [0.4, 0.5) is 5.82 Å². The number of hydrogen-bond donors (Lipinski definition) is 1. The summed E-state index contributed by atoms with van der Waals surface area (Å²) in [6, 6.07) is 12.1. The van der Waals surface area contributed by atoms with Crippen molar-refractivity contribution in [1.29, 1.82) is 0 Å². The first-order chi connectivity index (χ1) is 12.7. The van der Waals surface area contributed by atoms with Gasteiger partial charge in [-0.3, -0.25) is 0 Å². The average Bonchev–Trinajstić information content (AvgIpc) is 3.26. The molecule has 0 atom stereocenters. The maximum atomic E-state index is 5.22. The van der Waals surface area contributed by atoms with Crippen LogP contribution in [0.1, 0.15) is 23.4 Å². The fourth-order valence-electron chi connectivity index (χ4n) is 3.04. The zero-order valence-electron chi connectivity index (χ0n) is 14.8. The molecule has 0 aliphatic heterocycles. The Morgan fingerprint density at radius 1 is 1.15 bits per heavy atom. The summed E-state index contributed by atoms with van der Waals surface area (Å²) < 4.78 is 6.95. The number of hydrogen-bond acceptors (Lipinski definition) is 6. The average molecular weight is 348 g/mol. The van der Waals surface area contributed by atoms with Crippen molar-refractivity contribution in [2.75, 3.05) is 11.9 Å². The normalized spacial score (nSPS) is 11.2. The lowest BCUT2D eigenvalue weighted by Gasteiger charge is -2.10. The molecule has 0 saturated heterocycles. The Balaban J connectivity index is 1.51. The van der Waals surface area contributed by atoms with Gasteiger partial charge in [0.25, 0.3) is 5.78 Å². The third kappa shape index (κ3) is 3.15. The minimum Gasteiger partial charge on any atom is -0.370 e. The number of aryl methyl sites for hydroxylation is 2. The number of nitrogens with zero attached hydrogens (tertiary/aromatic N) is 5. The molecule has 4 aromatic rings. The second kappa shape index (κ2) is 6.95. The van der Waals surface area contributed by atoms with Crippen LogP contribution in [0.2, 0.25) is 0 Å². The number of anilines is 1. The van der Waals surface area contributed by atoms with E-state index in [9.17, 15) is 0 Å². The molecule has 7 heteroatoms. The predicted octanol–water partition coefficient (Wildman–Crippen LogP) is 3.44. The molecule has 7 nitrogen and oxygen atoms in total. The maximum Gasteiger partial charge on any atom is 0.254 e. The van der Waals surface area contributed by atoms with E-state index in [0.717, 1.165) is 47.9 Å². The van der Waals surface area contributed by atoms with Crippen LogP contribution in [0.5, 0.6) is 0 Å². The summed E-state index contributed by atoms with van der Waals surface area (Å²) in [4.78, 5) is 8.82. The molecule has 3 heterocycles. The van der Waals surface area contributed by atoms with Crippen molar-refractivity contribution in [3.05, 3.63) is 59.7 Å². The molecule has 0 spiro atoms. The van der Waals surface area contributed by atoms with E-state index in [1.807, 2.05) is 50.2 Å². The Morgan fingerprint density at radius 3 is 2.77 bits per heavy atom. The van der Waals surface area contributed by atoms with Crippen LogP contribution in [-0.4, -0.2) is 31.3 Å². The summed E-state index contributed by atoms with van der Waals surface area (Å²) >= 11 is 0. The molecule has 0 fully saturated rings. The van der Waals surface area contributed by atoms with Crippen molar-refractivity contribution in [3.8, 4) is 11.3 Å². The van der Waals surface area contributed by atoms with Crippen LogP contribution < -0.4 is 5.32 Å². The van der Waals surface area contributed by atoms with Gasteiger partial charge in [0.05, 0.1) is 11.4 Å². The highest BCUT2D eigenvalue weighted by Gasteiger charge is 2.10. The quantitative estimate of drug-likeness (QED) is 0.538. The maximum absolute atomic E-state index is 5.22. The van der Waals surface area contributed by atoms with E-state index in [0.29, 0.717) is 5.78 Å². The van der Waals surface area contributed by atoms with E-state index in [2.05, 4.69) is 25.5 Å². The van der Waals surface area contributed by atoms with Crippen LogP contribution in [0.25, 0.3) is 17.0 Å². The topological polar surface area (TPSA) is 81.1 Å². The van der Waals surface area contributed by atoms with Crippen molar-refractivity contribution in [3.63, 3.8) is 0 Å². The second-order valence-electron chi connectivity index (χ2n) is 6.20. The van der Waals surface area contributed by atoms with Crippen molar-refractivity contribution < 1.29 is 4.52 Å². The van der Waals surface area contributed by atoms with Crippen molar-refractivity contribution in [2.45, 2.75) is 26.7 Å². The van der Waals surface area contributed by atoms with E-state index < -0.39 is 0 Å². The predicted molar refractivity (Wildman–Crippen MR) is 99.0 cm³/mol. The molecule has 0 radical (unpaired) electrons. The molecule has 0 bridgehead atoms. The van der Waals surface area contributed by atoms with Gasteiger partial charge in [-0.1, -0.05) is 35.5 Å². The summed E-state index contributed by atoms with van der Waals surface area (Å²) in [5.41, 5.74) is 4.09. The van der Waals surface area contributed by atoms with E-state index in [4.69, 9.17) is 4.52 Å². The minimum atomic E-state index is 0.583. The fourth-order valence-corrected chi connectivity index (χ4v) is 3.04. The van der Waals surface area contributed by atoms with Crippen molar-refractivity contribution in [1.82, 2.24) is 24.7 Å². The number of nitrogens with one attached hydrogen (secondary N) is 1. The molecule has 0 aliphatic carbocycles. The first kappa shape index (κ1) is 16.3. The van der Waals surface area contributed by atoms with Gasteiger partial charge in [0.1, 0.15) is 17.9 Å². The van der Waals surface area contributed by atoms with Gasteiger partial charge in [-0.2, -0.15) is 14.6 Å². The lowest BCUT2D eigenvalue weighted by atomic mass is 10.1. The molecule has 3 aromatic heterocycles. The third-order valence-corrected chi connectivity index (χ3v) is 4.41. The lowest BCUT2D eigenvalue weighted by Crippen LogP contribution is -2.09. The highest BCUT2D eigenvalue weighted by Crippen LogP contribution is 2.21. The first-order valence-corrected chi connectivity index (χ1v) is 8.64. The molecule has 1 aromatic carbocycles. The summed E-state index contributed by atoms with van der Waals surface area (Å²) in [6.07, 6.45) is 3.40. The third-order valence-electron chi connectivity index (χ3n) is 4.41. The molecule has 0 amide bonds. The first-order valence-electron chi connectivity index (χ1n) is 8.64. The second-order valence-corrected chi connectivity index (χ2v) is 6.20. The molecular formula is C19H20N6O. The van der Waals surface area contributed by atoms with Gasteiger partial charge in [-0.25, -0.2) is 4.98 Å². The highest BCUT2D eigenvalue weighted by atomic mass is 16.5. The van der Waals surface area contributed by atoms with Gasteiger partial charge >= 0.3 is 0 Å². The molecule has 4 rings (SSSR count). The molecule has 0 saturated carbocycles. The summed E-state index contributed by atoms with van der Waals surface area (Å²) in [7, 11) is 0. The zero-order valence-corrected chi connectivity index (χ0v) is 14.8. The van der Waals surface area contributed by atoms with E-state index >= 15 is 0 Å². The lowest BCUT2D eigenvalue weighted by molar-refractivity contribution is 0.392. The van der Waals surface area contributed by atoms with Crippen molar-refractivity contribution in [2.24, 2.45) is 0 Å². The zero-order chi connectivity index (χ0) is 17.9. The largest absolute Gasteiger partial charge is 0.370 e. The van der Waals surface area contributed by atoms with Gasteiger partial charge in [-0.05, 0) is 26.7 Å². The van der Waals surface area contributed by atoms with Crippen LogP contribution in [0.3, 0.4) is 0 Å². The monoisotopic (exact) mass is 348 g/mol. The smallest absolute Gasteiger partial charge is 0.254 e. The highest BCUT2D eigenvalue weighted by molar-refractivity contribution is 5.65. The van der Waals surface area contributed by atoms with Gasteiger partial charge in [-0.15, -0.1) is 0 Å². The Kier molecular flexibility index (Phi) is 4.35. The minimum absolute atomic E-state index is 0.583. The van der Waals surface area contributed by atoms with E-state index in [-0.39, 0.29) is 0 Å². The van der Waals surface area contributed by atoms with E-state index in [1.54, 1.807) is 4.52 Å². The SMILES string of the molecule is Cc1noc(C)c1CCCNc1cc(-c2ccccc2)nc2ncnn12. The molecular weight excluding hydrogens is 328 g/mol. The summed E-state index contributed by atoms with van der Waals surface area (Å²) in [5.74, 6) is 2.36. The van der Waals surface area contributed by atoms with E-state index in [1.165, 1.54) is 11.9 Å². The summed E-state index contributed by atoms with van der Waals surface area (Å²) in [5, 5.41) is 11.7. The Bertz CT molecular complexity index is 1000. The van der Waals surface area contributed by atoms with Crippen LogP contribution in [-0.2, 0) is 6.42 Å². The fraction of sp³-hybridized carbons (Fsp3) is 0.263. The molecule has 132 valence electrons. The van der Waals surface area contributed by atoms with Crippen LogP contribution in [0, 0.1) is 13.8 Å². The summed E-state index contributed by atoms with van der Waals surface area (Å²) in [6.45, 7) is 4.74.